The number of nitrogens with zero attached hydrogens (tertiary/aromatic N) is 3. The van der Waals surface area contributed by atoms with E-state index >= 15 is 0 Å². The van der Waals surface area contributed by atoms with Crippen LogP contribution in [0.2, 0.25) is 0 Å². The summed E-state index contributed by atoms with van der Waals surface area (Å²) >= 11 is 0. The van der Waals surface area contributed by atoms with Gasteiger partial charge in [0, 0.05) is 29.2 Å². The lowest BCUT2D eigenvalue weighted by atomic mass is 10.1. The standard InChI is InChI=1S/C20H18N4O2/c1-26-20(25)15-12-21-11-10-17(15)23-19-14-8-5-9-16(14)22-18(24-19)13-6-3-2-4-7-13/h2-4,6-7,10-12H,5,8-9H2,1H3,(H,21,22,23,24). The topological polar surface area (TPSA) is 77.0 Å². The van der Waals surface area contributed by atoms with Gasteiger partial charge in [-0.1, -0.05) is 30.3 Å². The van der Waals surface area contributed by atoms with Crippen molar-refractivity contribution in [2.45, 2.75) is 19.3 Å². The first-order chi connectivity index (χ1) is 12.8. The minimum Gasteiger partial charge on any atom is -0.465 e. The Hall–Kier alpha value is -3.28. The Morgan fingerprint density at radius 1 is 1.12 bits per heavy atom. The SMILES string of the molecule is COC(=O)c1cnccc1Nc1nc(-c2ccccc2)nc2c1CCC2. The first kappa shape index (κ1) is 16.2. The summed E-state index contributed by atoms with van der Waals surface area (Å²) in [7, 11) is 1.36. The molecule has 0 unspecified atom stereocenters. The highest BCUT2D eigenvalue weighted by Crippen LogP contribution is 2.31. The van der Waals surface area contributed by atoms with E-state index in [9.17, 15) is 4.79 Å². The number of carbonyl (C=O) groups is 1. The molecule has 0 spiro atoms. The van der Waals surface area contributed by atoms with Crippen LogP contribution in [0.5, 0.6) is 0 Å². The third kappa shape index (κ3) is 3.01. The molecule has 0 radical (unpaired) electrons. The minimum absolute atomic E-state index is 0.377. The molecule has 6 nitrogen and oxygen atoms in total. The zero-order valence-corrected chi connectivity index (χ0v) is 14.4. The van der Waals surface area contributed by atoms with E-state index in [1.165, 1.54) is 13.3 Å². The Morgan fingerprint density at radius 2 is 1.96 bits per heavy atom. The number of aryl methyl sites for hydroxylation is 1. The molecule has 4 rings (SSSR count). The van der Waals surface area contributed by atoms with E-state index in [0.29, 0.717) is 17.1 Å². The molecule has 1 aliphatic rings. The summed E-state index contributed by atoms with van der Waals surface area (Å²) in [6.45, 7) is 0. The monoisotopic (exact) mass is 346 g/mol. The lowest BCUT2D eigenvalue weighted by molar-refractivity contribution is 0.0601. The quantitative estimate of drug-likeness (QED) is 0.728. The van der Waals surface area contributed by atoms with Gasteiger partial charge in [-0.3, -0.25) is 4.98 Å². The highest BCUT2D eigenvalue weighted by Gasteiger charge is 2.21. The van der Waals surface area contributed by atoms with Crippen LogP contribution in [-0.4, -0.2) is 28.0 Å². The van der Waals surface area contributed by atoms with Crippen LogP contribution in [0.15, 0.2) is 48.8 Å². The van der Waals surface area contributed by atoms with Crippen LogP contribution in [0.1, 0.15) is 28.0 Å². The number of methoxy groups -OCH3 is 1. The fraction of sp³-hybridized carbons (Fsp3) is 0.200. The molecule has 0 aliphatic heterocycles. The Kier molecular flexibility index (Phi) is 4.31. The first-order valence-electron chi connectivity index (χ1n) is 8.51. The van der Waals surface area contributed by atoms with E-state index in [4.69, 9.17) is 14.7 Å². The third-order valence-electron chi connectivity index (χ3n) is 4.44. The van der Waals surface area contributed by atoms with Crippen molar-refractivity contribution in [1.29, 1.82) is 0 Å². The maximum absolute atomic E-state index is 12.0. The Labute approximate surface area is 151 Å². The number of anilines is 2. The van der Waals surface area contributed by atoms with Crippen LogP contribution in [0, 0.1) is 0 Å². The molecule has 1 aromatic carbocycles. The number of hydrogen-bond donors (Lipinski definition) is 1. The van der Waals surface area contributed by atoms with Crippen LogP contribution in [0.25, 0.3) is 11.4 Å². The van der Waals surface area contributed by atoms with Gasteiger partial charge in [0.2, 0.25) is 0 Å². The second kappa shape index (κ2) is 6.92. The van der Waals surface area contributed by atoms with Crippen molar-refractivity contribution in [2.75, 3.05) is 12.4 Å². The van der Waals surface area contributed by atoms with E-state index in [1.807, 2.05) is 30.3 Å². The molecule has 26 heavy (non-hydrogen) atoms. The van der Waals surface area contributed by atoms with Gasteiger partial charge in [-0.25, -0.2) is 14.8 Å². The zero-order chi connectivity index (χ0) is 17.9. The normalized spacial score (nSPS) is 12.5. The minimum atomic E-state index is -0.436. The number of hydrogen-bond acceptors (Lipinski definition) is 6. The fourth-order valence-corrected chi connectivity index (χ4v) is 3.16. The number of nitrogens with one attached hydrogen (secondary N) is 1. The molecule has 130 valence electrons. The number of aromatic nitrogens is 3. The fourth-order valence-electron chi connectivity index (χ4n) is 3.16. The second-order valence-electron chi connectivity index (χ2n) is 6.08. The van der Waals surface area contributed by atoms with Gasteiger partial charge in [-0.15, -0.1) is 0 Å². The van der Waals surface area contributed by atoms with Gasteiger partial charge in [0.15, 0.2) is 5.82 Å². The molecule has 3 aromatic rings. The second-order valence-corrected chi connectivity index (χ2v) is 6.08. The summed E-state index contributed by atoms with van der Waals surface area (Å²) in [5, 5.41) is 3.31. The van der Waals surface area contributed by atoms with Crippen LogP contribution < -0.4 is 5.32 Å². The highest BCUT2D eigenvalue weighted by molar-refractivity contribution is 5.96. The molecule has 2 aromatic heterocycles. The van der Waals surface area contributed by atoms with Crippen molar-refractivity contribution in [3.8, 4) is 11.4 Å². The molecule has 1 N–H and O–H groups in total. The van der Waals surface area contributed by atoms with Gasteiger partial charge >= 0.3 is 5.97 Å². The van der Waals surface area contributed by atoms with Gasteiger partial charge in [0.25, 0.3) is 0 Å². The number of ether oxygens (including phenoxy) is 1. The van der Waals surface area contributed by atoms with Crippen molar-refractivity contribution in [3.05, 3.63) is 65.6 Å². The zero-order valence-electron chi connectivity index (χ0n) is 14.4. The molecule has 0 fully saturated rings. The van der Waals surface area contributed by atoms with Gasteiger partial charge in [0.05, 0.1) is 12.8 Å². The molecule has 1 aliphatic carbocycles. The van der Waals surface area contributed by atoms with Crippen molar-refractivity contribution >= 4 is 17.5 Å². The molecular weight excluding hydrogens is 328 g/mol. The van der Waals surface area contributed by atoms with E-state index in [0.717, 1.165) is 41.9 Å². The Morgan fingerprint density at radius 3 is 2.77 bits per heavy atom. The van der Waals surface area contributed by atoms with Crippen LogP contribution in [0.4, 0.5) is 11.5 Å². The predicted molar refractivity (Wildman–Crippen MR) is 98.4 cm³/mol. The molecule has 0 amide bonds. The maximum atomic E-state index is 12.0. The summed E-state index contributed by atoms with van der Waals surface area (Å²) in [4.78, 5) is 25.5. The van der Waals surface area contributed by atoms with Gasteiger partial charge < -0.3 is 10.1 Å². The van der Waals surface area contributed by atoms with E-state index < -0.39 is 5.97 Å². The molecule has 6 heteroatoms. The molecular formula is C20H18N4O2. The average molecular weight is 346 g/mol. The van der Waals surface area contributed by atoms with E-state index in [2.05, 4.69) is 10.3 Å². The van der Waals surface area contributed by atoms with Crippen LogP contribution in [0.3, 0.4) is 0 Å². The number of benzene rings is 1. The highest BCUT2D eigenvalue weighted by atomic mass is 16.5. The van der Waals surface area contributed by atoms with Crippen molar-refractivity contribution in [1.82, 2.24) is 15.0 Å². The van der Waals surface area contributed by atoms with E-state index in [-0.39, 0.29) is 0 Å². The van der Waals surface area contributed by atoms with Crippen LogP contribution in [-0.2, 0) is 17.6 Å². The maximum Gasteiger partial charge on any atom is 0.341 e. The Balaban J connectivity index is 1.78. The molecule has 0 saturated heterocycles. The Bertz CT molecular complexity index is 957. The van der Waals surface area contributed by atoms with Crippen LogP contribution >= 0.6 is 0 Å². The number of carbonyl (C=O) groups excluding carboxylic acids is 1. The summed E-state index contributed by atoms with van der Waals surface area (Å²) in [5.41, 5.74) is 4.14. The van der Waals surface area contributed by atoms with Crippen molar-refractivity contribution in [2.24, 2.45) is 0 Å². The van der Waals surface area contributed by atoms with Crippen molar-refractivity contribution in [3.63, 3.8) is 0 Å². The van der Waals surface area contributed by atoms with E-state index in [1.54, 1.807) is 12.3 Å². The molecule has 0 atom stereocenters. The molecule has 0 bridgehead atoms. The predicted octanol–water partition coefficient (Wildman–Crippen LogP) is 3.56. The van der Waals surface area contributed by atoms with Gasteiger partial charge in [0.1, 0.15) is 11.4 Å². The molecule has 0 saturated carbocycles. The lowest BCUT2D eigenvalue weighted by Crippen LogP contribution is -2.09. The first-order valence-corrected chi connectivity index (χ1v) is 8.51. The number of esters is 1. The summed E-state index contributed by atoms with van der Waals surface area (Å²) in [6.07, 6.45) is 6.04. The number of rotatable bonds is 4. The lowest BCUT2D eigenvalue weighted by Gasteiger charge is -2.14. The number of pyridine rings is 1. The smallest absolute Gasteiger partial charge is 0.341 e. The summed E-state index contributed by atoms with van der Waals surface area (Å²) in [5.74, 6) is 0.986. The summed E-state index contributed by atoms with van der Waals surface area (Å²) < 4.78 is 4.85. The number of fused-ring (bicyclic) bond motifs is 1. The average Bonchev–Trinajstić information content (AvgIpc) is 3.17. The molecule has 2 heterocycles. The largest absolute Gasteiger partial charge is 0.465 e. The van der Waals surface area contributed by atoms with Gasteiger partial charge in [-0.2, -0.15) is 0 Å². The van der Waals surface area contributed by atoms with Crippen molar-refractivity contribution < 1.29 is 9.53 Å². The van der Waals surface area contributed by atoms with Gasteiger partial charge in [-0.05, 0) is 25.3 Å². The summed E-state index contributed by atoms with van der Waals surface area (Å²) in [6, 6.07) is 11.6. The third-order valence-corrected chi connectivity index (χ3v) is 4.44.